The van der Waals surface area contributed by atoms with Crippen molar-refractivity contribution in [1.82, 2.24) is 9.80 Å². The number of hydrogen-bond donors (Lipinski definition) is 1. The number of rotatable bonds is 5. The number of amides is 2. The molecule has 0 saturated carbocycles. The summed E-state index contributed by atoms with van der Waals surface area (Å²) in [5.41, 5.74) is 2.05. The fourth-order valence-electron chi connectivity index (χ4n) is 3.14. The minimum absolute atomic E-state index is 0.0360. The number of morpholine rings is 1. The maximum Gasteiger partial charge on any atom is 0.321 e. The summed E-state index contributed by atoms with van der Waals surface area (Å²) in [5, 5.41) is 3.05. The van der Waals surface area contributed by atoms with E-state index in [2.05, 4.69) is 30.1 Å². The van der Waals surface area contributed by atoms with Crippen LogP contribution in [0.25, 0.3) is 0 Å². The zero-order valence-corrected chi connectivity index (χ0v) is 14.7. The molecule has 1 fully saturated rings. The van der Waals surface area contributed by atoms with Crippen molar-refractivity contribution < 1.29 is 9.53 Å². The SMILES string of the molecule is CCN(CC)C(=O)Nc1ccccc1CN1CC(C)OC(C)C1. The molecule has 2 unspecified atom stereocenters. The zero-order chi connectivity index (χ0) is 16.8. The van der Waals surface area contributed by atoms with Crippen LogP contribution in [0.4, 0.5) is 10.5 Å². The van der Waals surface area contributed by atoms with Gasteiger partial charge in [-0.15, -0.1) is 0 Å². The molecule has 2 atom stereocenters. The van der Waals surface area contributed by atoms with Crippen LogP contribution in [0.15, 0.2) is 24.3 Å². The quantitative estimate of drug-likeness (QED) is 0.906. The van der Waals surface area contributed by atoms with Crippen LogP contribution in [0, 0.1) is 0 Å². The number of benzene rings is 1. The second-order valence-electron chi connectivity index (χ2n) is 6.21. The zero-order valence-electron chi connectivity index (χ0n) is 14.7. The summed E-state index contributed by atoms with van der Waals surface area (Å²) in [4.78, 5) is 16.5. The van der Waals surface area contributed by atoms with E-state index < -0.39 is 0 Å². The van der Waals surface area contributed by atoms with Crippen LogP contribution in [0.1, 0.15) is 33.3 Å². The molecule has 128 valence electrons. The second-order valence-corrected chi connectivity index (χ2v) is 6.21. The minimum Gasteiger partial charge on any atom is -0.373 e. The molecule has 5 nitrogen and oxygen atoms in total. The third-order valence-corrected chi connectivity index (χ3v) is 4.20. The van der Waals surface area contributed by atoms with Gasteiger partial charge >= 0.3 is 6.03 Å². The highest BCUT2D eigenvalue weighted by Crippen LogP contribution is 2.20. The number of hydrogen-bond acceptors (Lipinski definition) is 3. The molecule has 23 heavy (non-hydrogen) atoms. The lowest BCUT2D eigenvalue weighted by atomic mass is 10.1. The van der Waals surface area contributed by atoms with E-state index in [-0.39, 0.29) is 18.2 Å². The summed E-state index contributed by atoms with van der Waals surface area (Å²) >= 11 is 0. The first-order chi connectivity index (χ1) is 11.0. The van der Waals surface area contributed by atoms with Crippen molar-refractivity contribution >= 4 is 11.7 Å². The van der Waals surface area contributed by atoms with Crippen molar-refractivity contribution in [3.05, 3.63) is 29.8 Å². The molecule has 0 spiro atoms. The Kier molecular flexibility index (Phi) is 6.42. The second kappa shape index (κ2) is 8.31. The van der Waals surface area contributed by atoms with Gasteiger partial charge in [-0.25, -0.2) is 4.79 Å². The number of nitrogens with one attached hydrogen (secondary N) is 1. The molecule has 1 aliphatic heterocycles. The van der Waals surface area contributed by atoms with Gasteiger partial charge in [0.15, 0.2) is 0 Å². The highest BCUT2D eigenvalue weighted by molar-refractivity contribution is 5.90. The Labute approximate surface area is 139 Å². The lowest BCUT2D eigenvalue weighted by Gasteiger charge is -2.35. The Bertz CT molecular complexity index is 507. The van der Waals surface area contributed by atoms with Gasteiger partial charge in [0.25, 0.3) is 0 Å². The van der Waals surface area contributed by atoms with E-state index in [1.165, 1.54) is 0 Å². The Morgan fingerprint density at radius 3 is 2.43 bits per heavy atom. The number of carbonyl (C=O) groups is 1. The smallest absolute Gasteiger partial charge is 0.321 e. The Morgan fingerprint density at radius 1 is 1.22 bits per heavy atom. The summed E-state index contributed by atoms with van der Waals surface area (Å²) in [5.74, 6) is 0. The van der Waals surface area contributed by atoms with Gasteiger partial charge in [-0.1, -0.05) is 18.2 Å². The molecule has 0 radical (unpaired) electrons. The van der Waals surface area contributed by atoms with Gasteiger partial charge in [-0.2, -0.15) is 0 Å². The first-order valence-electron chi connectivity index (χ1n) is 8.55. The highest BCUT2D eigenvalue weighted by atomic mass is 16.5. The lowest BCUT2D eigenvalue weighted by Crippen LogP contribution is -2.45. The fraction of sp³-hybridized carbons (Fsp3) is 0.611. The van der Waals surface area contributed by atoms with E-state index in [0.29, 0.717) is 13.1 Å². The van der Waals surface area contributed by atoms with E-state index in [0.717, 1.165) is 30.9 Å². The van der Waals surface area contributed by atoms with Crippen molar-refractivity contribution in [3.8, 4) is 0 Å². The van der Waals surface area contributed by atoms with Crippen LogP contribution in [0.5, 0.6) is 0 Å². The predicted octanol–water partition coefficient (Wildman–Crippen LogP) is 3.17. The molecule has 1 aromatic rings. The summed E-state index contributed by atoms with van der Waals surface area (Å²) in [6.45, 7) is 12.3. The predicted molar refractivity (Wildman–Crippen MR) is 93.7 cm³/mol. The van der Waals surface area contributed by atoms with Crippen LogP contribution < -0.4 is 5.32 Å². The van der Waals surface area contributed by atoms with Gasteiger partial charge in [-0.05, 0) is 39.3 Å². The van der Waals surface area contributed by atoms with Crippen molar-refractivity contribution in [2.75, 3.05) is 31.5 Å². The third kappa shape index (κ3) is 4.94. The normalized spacial score (nSPS) is 21.9. The molecule has 0 bridgehead atoms. The van der Waals surface area contributed by atoms with Crippen LogP contribution in [-0.4, -0.2) is 54.2 Å². The summed E-state index contributed by atoms with van der Waals surface area (Å²) in [7, 11) is 0. The number of carbonyl (C=O) groups excluding carboxylic acids is 1. The number of nitrogens with zero attached hydrogens (tertiary/aromatic N) is 2. The summed E-state index contributed by atoms with van der Waals surface area (Å²) in [6.07, 6.45) is 0.493. The minimum atomic E-state index is -0.0360. The van der Waals surface area contributed by atoms with Gasteiger partial charge in [0.05, 0.1) is 12.2 Å². The Hall–Kier alpha value is -1.59. The van der Waals surface area contributed by atoms with E-state index in [1.54, 1.807) is 4.90 Å². The average Bonchev–Trinajstić information content (AvgIpc) is 2.49. The van der Waals surface area contributed by atoms with Gasteiger partial charge in [-0.3, -0.25) is 4.90 Å². The molecular formula is C18H29N3O2. The summed E-state index contributed by atoms with van der Waals surface area (Å²) < 4.78 is 5.79. The molecule has 1 aliphatic rings. The first kappa shape index (κ1) is 17.8. The first-order valence-corrected chi connectivity index (χ1v) is 8.55. The van der Waals surface area contributed by atoms with E-state index in [1.807, 2.05) is 32.0 Å². The van der Waals surface area contributed by atoms with E-state index in [4.69, 9.17) is 4.74 Å². The molecule has 1 N–H and O–H groups in total. The van der Waals surface area contributed by atoms with Crippen LogP contribution in [0.2, 0.25) is 0 Å². The van der Waals surface area contributed by atoms with Crippen LogP contribution >= 0.6 is 0 Å². The molecule has 1 saturated heterocycles. The standard InChI is InChI=1S/C18H29N3O2/c1-5-21(6-2)18(22)19-17-10-8-7-9-16(17)13-20-11-14(3)23-15(4)12-20/h7-10,14-15H,5-6,11-13H2,1-4H3,(H,19,22). The van der Waals surface area contributed by atoms with E-state index >= 15 is 0 Å². The van der Waals surface area contributed by atoms with Gasteiger partial charge < -0.3 is 15.0 Å². The molecule has 2 rings (SSSR count). The molecular weight excluding hydrogens is 290 g/mol. The number of ether oxygens (including phenoxy) is 1. The summed E-state index contributed by atoms with van der Waals surface area (Å²) in [6, 6.07) is 8.01. The third-order valence-electron chi connectivity index (χ3n) is 4.20. The Balaban J connectivity index is 2.06. The number of urea groups is 1. The maximum atomic E-state index is 12.3. The van der Waals surface area contributed by atoms with Crippen LogP contribution in [0.3, 0.4) is 0 Å². The molecule has 1 heterocycles. The molecule has 0 aliphatic carbocycles. The largest absolute Gasteiger partial charge is 0.373 e. The fourth-order valence-corrected chi connectivity index (χ4v) is 3.14. The number of anilines is 1. The molecule has 5 heteroatoms. The number of para-hydroxylation sites is 1. The average molecular weight is 319 g/mol. The monoisotopic (exact) mass is 319 g/mol. The van der Waals surface area contributed by atoms with Crippen molar-refractivity contribution in [1.29, 1.82) is 0 Å². The Morgan fingerprint density at radius 2 is 1.83 bits per heavy atom. The topological polar surface area (TPSA) is 44.8 Å². The van der Waals surface area contributed by atoms with Crippen molar-refractivity contribution in [2.45, 2.75) is 46.4 Å². The van der Waals surface area contributed by atoms with Crippen LogP contribution in [-0.2, 0) is 11.3 Å². The maximum absolute atomic E-state index is 12.3. The lowest BCUT2D eigenvalue weighted by molar-refractivity contribution is -0.0704. The van der Waals surface area contributed by atoms with Gasteiger partial charge in [0, 0.05) is 38.4 Å². The molecule has 1 aromatic carbocycles. The highest BCUT2D eigenvalue weighted by Gasteiger charge is 2.23. The van der Waals surface area contributed by atoms with Crippen molar-refractivity contribution in [3.63, 3.8) is 0 Å². The molecule has 2 amide bonds. The van der Waals surface area contributed by atoms with Crippen molar-refractivity contribution in [2.24, 2.45) is 0 Å². The van der Waals surface area contributed by atoms with Gasteiger partial charge in [0.1, 0.15) is 0 Å². The molecule has 0 aromatic heterocycles. The van der Waals surface area contributed by atoms with E-state index in [9.17, 15) is 4.79 Å². The van der Waals surface area contributed by atoms with Gasteiger partial charge in [0.2, 0.25) is 0 Å².